The Balaban J connectivity index is 1.79. The van der Waals surface area contributed by atoms with Gasteiger partial charge in [0.05, 0.1) is 0 Å². The van der Waals surface area contributed by atoms with Crippen molar-refractivity contribution in [1.82, 2.24) is 0 Å². The highest BCUT2D eigenvalue weighted by Gasteiger charge is 2.20. The van der Waals surface area contributed by atoms with Crippen LogP contribution in [-0.4, -0.2) is 26.2 Å². The third-order valence-electron chi connectivity index (χ3n) is 5.26. The van der Waals surface area contributed by atoms with Crippen molar-refractivity contribution in [2.45, 2.75) is 12.8 Å². The van der Waals surface area contributed by atoms with Gasteiger partial charge in [0.15, 0.2) is 0 Å². The minimum Gasteiger partial charge on any atom is -0.371 e. The van der Waals surface area contributed by atoms with E-state index in [-0.39, 0.29) is 0 Å². The number of aromatic nitrogens is 1. The van der Waals surface area contributed by atoms with Gasteiger partial charge in [-0.15, -0.1) is 0 Å². The molecule has 23 heavy (non-hydrogen) atoms. The first-order valence-electron chi connectivity index (χ1n) is 9.94. The van der Waals surface area contributed by atoms with Crippen molar-refractivity contribution in [3.05, 3.63) is 42.5 Å². The summed E-state index contributed by atoms with van der Waals surface area (Å²) in [6.45, 7) is 1.97. The van der Waals surface area contributed by atoms with E-state index in [1.807, 2.05) is 24.3 Å². The van der Waals surface area contributed by atoms with E-state index in [0.717, 1.165) is 59.4 Å². The predicted octanol–water partition coefficient (Wildman–Crippen LogP) is 3.24. The number of benzene rings is 2. The number of hydrogen-bond donors (Lipinski definition) is 0. The summed E-state index contributed by atoms with van der Waals surface area (Å²) in [5.74, 6) is 0. The molecule has 0 unspecified atom stereocenters. The molecule has 1 aromatic heterocycles. The van der Waals surface area contributed by atoms with Crippen LogP contribution in [0.3, 0.4) is 0 Å². The van der Waals surface area contributed by atoms with Crippen LogP contribution in [0, 0.1) is 0 Å². The quantitative estimate of drug-likeness (QED) is 0.531. The second kappa shape index (κ2) is 4.85. The molecule has 2 saturated heterocycles. The van der Waals surface area contributed by atoms with Crippen LogP contribution in [0.2, 0.25) is 0 Å². The molecule has 0 aliphatic carbocycles. The van der Waals surface area contributed by atoms with Crippen LogP contribution in [0.25, 0.3) is 21.8 Å². The average molecular weight is 307 g/mol. The molecular formula is C20H22N3+. The fourth-order valence-corrected chi connectivity index (χ4v) is 3.54. The van der Waals surface area contributed by atoms with Gasteiger partial charge >= 0.3 is 0 Å². The lowest BCUT2D eigenvalue weighted by molar-refractivity contribution is -0.617. The van der Waals surface area contributed by atoms with E-state index in [9.17, 15) is 0 Å². The van der Waals surface area contributed by atoms with Gasteiger partial charge in [-0.3, -0.25) is 0 Å². The molecule has 0 radical (unpaired) electrons. The number of nitrogens with zero attached hydrogens (tertiary/aromatic N) is 3. The first kappa shape index (κ1) is 10.5. The second-order valence-corrected chi connectivity index (χ2v) is 6.65. The zero-order valence-electron chi connectivity index (χ0n) is 16.1. The van der Waals surface area contributed by atoms with Gasteiger partial charge in [-0.25, -0.2) is 0 Å². The van der Waals surface area contributed by atoms with Crippen molar-refractivity contribution in [3.8, 4) is 0 Å². The van der Waals surface area contributed by atoms with Crippen LogP contribution in [0.4, 0.5) is 11.4 Å². The van der Waals surface area contributed by atoms with Crippen LogP contribution in [0.1, 0.15) is 17.0 Å². The van der Waals surface area contributed by atoms with Crippen LogP contribution >= 0.6 is 0 Å². The molecule has 0 atom stereocenters. The van der Waals surface area contributed by atoms with Crippen molar-refractivity contribution in [2.24, 2.45) is 6.98 Å². The maximum absolute atomic E-state index is 8.18. The van der Waals surface area contributed by atoms with E-state index in [1.165, 1.54) is 12.8 Å². The fourth-order valence-electron chi connectivity index (χ4n) is 3.54. The van der Waals surface area contributed by atoms with Gasteiger partial charge in [0.1, 0.15) is 11.1 Å². The average Bonchev–Trinajstić information content (AvgIpc) is 2.48. The van der Waals surface area contributed by atoms with Crippen molar-refractivity contribution < 1.29 is 8.68 Å². The van der Waals surface area contributed by atoms with Crippen LogP contribution < -0.4 is 14.4 Å². The van der Waals surface area contributed by atoms with E-state index in [4.69, 9.17) is 4.11 Å². The van der Waals surface area contributed by atoms with Gasteiger partial charge in [0.2, 0.25) is 11.0 Å². The highest BCUT2D eigenvalue weighted by atomic mass is 15.2. The normalized spacial score (nSPS) is 19.9. The zero-order chi connectivity index (χ0) is 17.9. The standard InChI is InChI=1S/C20H22N3/c1-21-19-13-17(22-8-2-9-22)6-4-15(19)12-16-5-7-18(14-20(16)21)23-10-3-11-23/h4-7,12-14H,2-3,8-11H2,1H3/q+1/i1D3. The Labute approximate surface area is 141 Å². The lowest BCUT2D eigenvalue weighted by Crippen LogP contribution is -2.38. The smallest absolute Gasteiger partial charge is 0.214 e. The Bertz CT molecular complexity index is 933. The molecule has 3 heteroatoms. The molecule has 0 saturated carbocycles. The third-order valence-corrected chi connectivity index (χ3v) is 5.26. The number of hydrogen-bond acceptors (Lipinski definition) is 2. The Morgan fingerprint density at radius 1 is 0.783 bits per heavy atom. The molecule has 0 spiro atoms. The Morgan fingerprint density at radius 2 is 1.30 bits per heavy atom. The van der Waals surface area contributed by atoms with E-state index >= 15 is 0 Å². The maximum Gasteiger partial charge on any atom is 0.214 e. The molecular weight excluding hydrogens is 282 g/mol. The number of pyridine rings is 1. The number of fused-ring (bicyclic) bond motifs is 2. The molecule has 2 aromatic carbocycles. The summed E-state index contributed by atoms with van der Waals surface area (Å²) in [6, 6.07) is 14.5. The van der Waals surface area contributed by atoms with Crippen molar-refractivity contribution in [2.75, 3.05) is 36.0 Å². The van der Waals surface area contributed by atoms with Crippen molar-refractivity contribution in [3.63, 3.8) is 0 Å². The molecule has 3 nitrogen and oxygen atoms in total. The summed E-state index contributed by atoms with van der Waals surface area (Å²) in [4.78, 5) is 4.59. The lowest BCUT2D eigenvalue weighted by atomic mass is 10.1. The Morgan fingerprint density at radius 3 is 1.70 bits per heavy atom. The number of aryl methyl sites for hydroxylation is 1. The monoisotopic (exact) mass is 307 g/mol. The van der Waals surface area contributed by atoms with Gasteiger partial charge in [-0.2, -0.15) is 4.57 Å². The van der Waals surface area contributed by atoms with Gasteiger partial charge in [-0.05, 0) is 43.2 Å². The number of rotatable bonds is 2. The highest BCUT2D eigenvalue weighted by molar-refractivity contribution is 5.91. The van der Waals surface area contributed by atoms with Gasteiger partial charge in [-0.1, -0.05) is 0 Å². The molecule has 0 amide bonds. The van der Waals surface area contributed by atoms with Crippen LogP contribution in [0.15, 0.2) is 42.5 Å². The van der Waals surface area contributed by atoms with Crippen LogP contribution in [0.5, 0.6) is 0 Å². The third kappa shape index (κ3) is 1.99. The Kier molecular flexibility index (Phi) is 2.21. The van der Waals surface area contributed by atoms with Crippen LogP contribution in [-0.2, 0) is 6.98 Å². The number of anilines is 2. The second-order valence-electron chi connectivity index (χ2n) is 6.65. The molecule has 3 aromatic rings. The summed E-state index contributed by atoms with van der Waals surface area (Å²) < 4.78 is 26.1. The van der Waals surface area contributed by atoms with E-state index in [1.54, 1.807) is 4.57 Å². The largest absolute Gasteiger partial charge is 0.371 e. The van der Waals surface area contributed by atoms with Gasteiger partial charge in [0, 0.05) is 60.5 Å². The molecule has 2 aliphatic rings. The molecule has 3 heterocycles. The summed E-state index contributed by atoms with van der Waals surface area (Å²) >= 11 is 0. The lowest BCUT2D eigenvalue weighted by Gasteiger charge is -2.33. The minimum atomic E-state index is -2.22. The highest BCUT2D eigenvalue weighted by Crippen LogP contribution is 2.28. The summed E-state index contributed by atoms with van der Waals surface area (Å²) in [6.07, 6.45) is 2.41. The topological polar surface area (TPSA) is 10.4 Å². The van der Waals surface area contributed by atoms with Gasteiger partial charge in [0.25, 0.3) is 0 Å². The van der Waals surface area contributed by atoms with E-state index in [0.29, 0.717) is 0 Å². The Hall–Kier alpha value is -2.29. The molecule has 116 valence electrons. The summed E-state index contributed by atoms with van der Waals surface area (Å²) in [7, 11) is 0. The molecule has 0 bridgehead atoms. The predicted molar refractivity (Wildman–Crippen MR) is 96.3 cm³/mol. The molecule has 0 N–H and O–H groups in total. The minimum absolute atomic E-state index is 0.780. The maximum atomic E-state index is 8.18. The van der Waals surface area contributed by atoms with Crippen molar-refractivity contribution >= 4 is 33.2 Å². The zero-order valence-corrected chi connectivity index (χ0v) is 13.1. The molecule has 5 rings (SSSR count). The molecule has 2 fully saturated rings. The van der Waals surface area contributed by atoms with E-state index < -0.39 is 6.98 Å². The summed E-state index contributed by atoms with van der Waals surface area (Å²) in [5, 5.41) is 1.93. The van der Waals surface area contributed by atoms with Gasteiger partial charge < -0.3 is 9.80 Å². The molecule has 2 aliphatic heterocycles. The SMILES string of the molecule is [2H]C([2H])([2H])[n+]1c2cc(N3CCC3)ccc2cc2ccc(N3CCC3)cc21. The first-order chi connectivity index (χ1) is 12.5. The first-order valence-corrected chi connectivity index (χ1v) is 8.44. The van der Waals surface area contributed by atoms with E-state index in [2.05, 4.69) is 28.0 Å². The summed E-state index contributed by atoms with van der Waals surface area (Å²) in [5.41, 5.74) is 3.78. The fraction of sp³-hybridized carbons (Fsp3) is 0.350. The van der Waals surface area contributed by atoms with Crippen molar-refractivity contribution in [1.29, 1.82) is 0 Å².